The van der Waals surface area contributed by atoms with E-state index in [1.165, 1.54) is 6.21 Å². The van der Waals surface area contributed by atoms with Gasteiger partial charge in [-0.2, -0.15) is 5.10 Å². The Kier molecular flexibility index (Phi) is 9.19. The molecule has 0 atom stereocenters. The first-order valence-corrected chi connectivity index (χ1v) is 10.8. The molecule has 3 aromatic rings. The van der Waals surface area contributed by atoms with E-state index in [4.69, 9.17) is 16.3 Å². The number of carbonyl (C=O) groups excluding carboxylic acids is 3. The molecule has 0 aliphatic heterocycles. The van der Waals surface area contributed by atoms with Crippen molar-refractivity contribution >= 4 is 41.2 Å². The molecule has 0 unspecified atom stereocenters. The van der Waals surface area contributed by atoms with Crippen molar-refractivity contribution in [1.29, 1.82) is 0 Å². The summed E-state index contributed by atoms with van der Waals surface area (Å²) in [4.78, 5) is 35.6. The fraction of sp³-hybridized carbons (Fsp3) is 0.120. The van der Waals surface area contributed by atoms with Crippen LogP contribution in [0.25, 0.3) is 0 Å². The molecular weight excluding hydrogens is 456 g/mol. The molecule has 3 amide bonds. The molecule has 0 aliphatic rings. The van der Waals surface area contributed by atoms with E-state index in [-0.39, 0.29) is 12.5 Å². The first-order chi connectivity index (χ1) is 16.5. The van der Waals surface area contributed by atoms with Crippen LogP contribution in [-0.4, -0.2) is 37.1 Å². The third-order valence-electron chi connectivity index (χ3n) is 4.52. The number of carbonyl (C=O) groups is 3. The number of hydrogen-bond donors (Lipinski definition) is 3. The molecule has 0 bridgehead atoms. The van der Waals surface area contributed by atoms with Crippen molar-refractivity contribution in [3.63, 3.8) is 0 Å². The van der Waals surface area contributed by atoms with Crippen molar-refractivity contribution in [3.05, 3.63) is 95.0 Å². The van der Waals surface area contributed by atoms with Gasteiger partial charge in [0.05, 0.1) is 6.21 Å². The lowest BCUT2D eigenvalue weighted by Crippen LogP contribution is -2.32. The SMILES string of the molecule is O=C(COc1ccc(/C=N\NC(=O)C(=O)Nc2ccc(Cl)cc2)cc1)NCCc1ccccc1. The molecule has 0 saturated carbocycles. The van der Waals surface area contributed by atoms with Crippen LogP contribution in [0.3, 0.4) is 0 Å². The monoisotopic (exact) mass is 478 g/mol. The van der Waals surface area contributed by atoms with E-state index in [1.807, 2.05) is 30.3 Å². The summed E-state index contributed by atoms with van der Waals surface area (Å²) in [6.07, 6.45) is 2.13. The summed E-state index contributed by atoms with van der Waals surface area (Å²) in [7, 11) is 0. The Morgan fingerprint density at radius 3 is 2.29 bits per heavy atom. The molecule has 8 nitrogen and oxygen atoms in total. The van der Waals surface area contributed by atoms with Crippen LogP contribution in [0.1, 0.15) is 11.1 Å². The van der Waals surface area contributed by atoms with E-state index in [1.54, 1.807) is 48.5 Å². The molecule has 3 rings (SSSR count). The van der Waals surface area contributed by atoms with Crippen LogP contribution in [0.15, 0.2) is 84.0 Å². The van der Waals surface area contributed by atoms with Crippen molar-refractivity contribution in [2.45, 2.75) is 6.42 Å². The summed E-state index contributed by atoms with van der Waals surface area (Å²) in [5, 5.41) is 9.54. The molecule has 0 fully saturated rings. The Balaban J connectivity index is 1.36. The predicted molar refractivity (Wildman–Crippen MR) is 131 cm³/mol. The molecule has 0 aromatic heterocycles. The van der Waals surface area contributed by atoms with Gasteiger partial charge in [-0.3, -0.25) is 14.4 Å². The highest BCUT2D eigenvalue weighted by atomic mass is 35.5. The number of benzene rings is 3. The van der Waals surface area contributed by atoms with Gasteiger partial charge in [0.2, 0.25) is 0 Å². The minimum absolute atomic E-state index is 0.0962. The summed E-state index contributed by atoms with van der Waals surface area (Å²) >= 11 is 5.78. The molecule has 174 valence electrons. The third kappa shape index (κ3) is 8.40. The predicted octanol–water partition coefficient (Wildman–Crippen LogP) is 3.17. The smallest absolute Gasteiger partial charge is 0.329 e. The van der Waals surface area contributed by atoms with Crippen molar-refractivity contribution in [2.75, 3.05) is 18.5 Å². The van der Waals surface area contributed by atoms with Gasteiger partial charge in [-0.15, -0.1) is 0 Å². The summed E-state index contributed by atoms with van der Waals surface area (Å²) in [5.41, 5.74) is 4.41. The van der Waals surface area contributed by atoms with Gasteiger partial charge >= 0.3 is 11.8 Å². The average molecular weight is 479 g/mol. The van der Waals surface area contributed by atoms with Crippen LogP contribution in [0.4, 0.5) is 5.69 Å². The van der Waals surface area contributed by atoms with Crippen molar-refractivity contribution in [2.24, 2.45) is 5.10 Å². The number of rotatable bonds is 9. The average Bonchev–Trinajstić information content (AvgIpc) is 2.85. The number of hydrogen-bond acceptors (Lipinski definition) is 5. The molecule has 34 heavy (non-hydrogen) atoms. The normalized spacial score (nSPS) is 10.5. The van der Waals surface area contributed by atoms with Crippen molar-refractivity contribution in [3.8, 4) is 5.75 Å². The standard InChI is InChI=1S/C25H23ClN4O4/c26-20-8-10-21(11-9-20)29-24(32)25(33)30-28-16-19-6-12-22(13-7-19)34-17-23(31)27-15-14-18-4-2-1-3-5-18/h1-13,16H,14-15,17H2,(H,27,31)(H,29,32)(H,30,33)/b28-16-. The molecule has 9 heteroatoms. The molecule has 3 N–H and O–H groups in total. The number of amides is 3. The molecule has 0 heterocycles. The summed E-state index contributed by atoms with van der Waals surface area (Å²) in [5.74, 6) is -1.46. The largest absolute Gasteiger partial charge is 0.484 e. The van der Waals surface area contributed by atoms with Crippen LogP contribution >= 0.6 is 11.6 Å². The molecule has 0 aliphatic carbocycles. The quantitative estimate of drug-likeness (QED) is 0.249. The third-order valence-corrected chi connectivity index (χ3v) is 4.77. The van der Waals surface area contributed by atoms with E-state index in [0.29, 0.717) is 28.6 Å². The maximum absolute atomic E-state index is 11.9. The topological polar surface area (TPSA) is 109 Å². The summed E-state index contributed by atoms with van der Waals surface area (Å²) in [6, 6.07) is 23.0. The van der Waals surface area contributed by atoms with Gasteiger partial charge in [0.25, 0.3) is 5.91 Å². The Morgan fingerprint density at radius 1 is 0.882 bits per heavy atom. The van der Waals surface area contributed by atoms with Gasteiger partial charge < -0.3 is 15.4 Å². The Hall–Kier alpha value is -4.17. The molecule has 0 radical (unpaired) electrons. The van der Waals surface area contributed by atoms with Crippen LogP contribution in [0, 0.1) is 0 Å². The van der Waals surface area contributed by atoms with Crippen molar-refractivity contribution < 1.29 is 19.1 Å². The lowest BCUT2D eigenvalue weighted by atomic mass is 10.1. The second-order valence-electron chi connectivity index (χ2n) is 7.10. The fourth-order valence-corrected chi connectivity index (χ4v) is 2.90. The maximum Gasteiger partial charge on any atom is 0.329 e. The fourth-order valence-electron chi connectivity index (χ4n) is 2.78. The van der Waals surface area contributed by atoms with Gasteiger partial charge in [-0.25, -0.2) is 5.43 Å². The minimum Gasteiger partial charge on any atom is -0.484 e. The van der Waals surface area contributed by atoms with E-state index in [2.05, 4.69) is 21.2 Å². The molecule has 0 spiro atoms. The number of ether oxygens (including phenoxy) is 1. The number of nitrogens with one attached hydrogen (secondary N) is 3. The van der Waals surface area contributed by atoms with E-state index < -0.39 is 11.8 Å². The van der Waals surface area contributed by atoms with Gasteiger partial charge in [0, 0.05) is 17.3 Å². The number of hydrazone groups is 1. The van der Waals surface area contributed by atoms with Crippen molar-refractivity contribution in [1.82, 2.24) is 10.7 Å². The zero-order valence-electron chi connectivity index (χ0n) is 18.2. The maximum atomic E-state index is 11.9. The number of nitrogens with zero attached hydrogens (tertiary/aromatic N) is 1. The summed E-state index contributed by atoms with van der Waals surface area (Å²) < 4.78 is 5.48. The van der Waals surface area contributed by atoms with Gasteiger partial charge in [0.1, 0.15) is 5.75 Å². The highest BCUT2D eigenvalue weighted by Crippen LogP contribution is 2.13. The first-order valence-electron chi connectivity index (χ1n) is 10.4. The van der Waals surface area contributed by atoms with Gasteiger partial charge in [-0.05, 0) is 66.1 Å². The molecule has 0 saturated heterocycles. The van der Waals surface area contributed by atoms with Gasteiger partial charge in [-0.1, -0.05) is 41.9 Å². The van der Waals surface area contributed by atoms with Crippen LogP contribution in [0.5, 0.6) is 5.75 Å². The van der Waals surface area contributed by atoms with E-state index in [0.717, 1.165) is 12.0 Å². The van der Waals surface area contributed by atoms with Crippen LogP contribution in [0.2, 0.25) is 5.02 Å². The molecule has 3 aromatic carbocycles. The zero-order chi connectivity index (χ0) is 24.2. The Morgan fingerprint density at radius 2 is 1.59 bits per heavy atom. The lowest BCUT2D eigenvalue weighted by Gasteiger charge is -2.08. The molecular formula is C25H23ClN4O4. The van der Waals surface area contributed by atoms with Crippen LogP contribution in [-0.2, 0) is 20.8 Å². The Labute approximate surface area is 202 Å². The zero-order valence-corrected chi connectivity index (χ0v) is 18.9. The first kappa shape index (κ1) is 24.5. The van der Waals surface area contributed by atoms with Gasteiger partial charge in [0.15, 0.2) is 6.61 Å². The van der Waals surface area contributed by atoms with Crippen LogP contribution < -0.4 is 20.8 Å². The lowest BCUT2D eigenvalue weighted by molar-refractivity contribution is -0.136. The highest BCUT2D eigenvalue weighted by molar-refractivity contribution is 6.39. The Bertz CT molecular complexity index is 1130. The second kappa shape index (κ2) is 12.8. The number of halogens is 1. The van der Waals surface area contributed by atoms with E-state index >= 15 is 0 Å². The number of anilines is 1. The highest BCUT2D eigenvalue weighted by Gasteiger charge is 2.12. The minimum atomic E-state index is -0.913. The summed E-state index contributed by atoms with van der Waals surface area (Å²) in [6.45, 7) is 0.437. The van der Waals surface area contributed by atoms with E-state index in [9.17, 15) is 14.4 Å². The second-order valence-corrected chi connectivity index (χ2v) is 7.54.